The maximum absolute atomic E-state index is 12.1. The summed E-state index contributed by atoms with van der Waals surface area (Å²) < 4.78 is 0. The standard InChI is InChI=1S/C22H27N5O/c1-22(2,3)21(28)25-20-9-8-19(15-24-20)27-12-10-26(11-13-27)16-18-6-4-17(14-23)5-7-18/h4-9,15H,10-13,16H2,1-3H3,(H,24,25,28). The average Bonchev–Trinajstić information content (AvgIpc) is 2.69. The summed E-state index contributed by atoms with van der Waals surface area (Å²) in [5.41, 5.74) is 2.56. The van der Waals surface area contributed by atoms with Crippen molar-refractivity contribution in [2.24, 2.45) is 5.41 Å². The lowest BCUT2D eigenvalue weighted by Crippen LogP contribution is -2.46. The minimum Gasteiger partial charge on any atom is -0.368 e. The predicted octanol–water partition coefficient (Wildman–Crippen LogP) is 3.26. The Kier molecular flexibility index (Phi) is 5.96. The first-order valence-electron chi connectivity index (χ1n) is 9.59. The summed E-state index contributed by atoms with van der Waals surface area (Å²) in [4.78, 5) is 21.2. The molecule has 0 atom stereocenters. The zero-order valence-electron chi connectivity index (χ0n) is 16.8. The third-order valence-electron chi connectivity index (χ3n) is 4.90. The first-order valence-corrected chi connectivity index (χ1v) is 9.59. The highest BCUT2D eigenvalue weighted by molar-refractivity contribution is 5.93. The van der Waals surface area contributed by atoms with Gasteiger partial charge in [0.25, 0.3) is 0 Å². The van der Waals surface area contributed by atoms with Crippen LogP contribution in [0.25, 0.3) is 0 Å². The van der Waals surface area contributed by atoms with Crippen molar-refractivity contribution in [3.05, 3.63) is 53.7 Å². The quantitative estimate of drug-likeness (QED) is 0.885. The molecule has 6 heteroatoms. The molecular formula is C22H27N5O. The number of nitrogens with zero attached hydrogens (tertiary/aromatic N) is 4. The summed E-state index contributed by atoms with van der Waals surface area (Å²) in [6.07, 6.45) is 1.83. The monoisotopic (exact) mass is 377 g/mol. The van der Waals surface area contributed by atoms with Crippen molar-refractivity contribution >= 4 is 17.4 Å². The van der Waals surface area contributed by atoms with Crippen molar-refractivity contribution in [2.45, 2.75) is 27.3 Å². The number of aromatic nitrogens is 1. The number of nitriles is 1. The molecule has 1 N–H and O–H groups in total. The van der Waals surface area contributed by atoms with Gasteiger partial charge in [-0.1, -0.05) is 32.9 Å². The lowest BCUT2D eigenvalue weighted by molar-refractivity contribution is -0.123. The van der Waals surface area contributed by atoms with Crippen molar-refractivity contribution in [1.29, 1.82) is 5.26 Å². The van der Waals surface area contributed by atoms with Crippen LogP contribution in [0.3, 0.4) is 0 Å². The lowest BCUT2D eigenvalue weighted by Gasteiger charge is -2.36. The summed E-state index contributed by atoms with van der Waals surface area (Å²) in [6, 6.07) is 13.8. The zero-order valence-corrected chi connectivity index (χ0v) is 16.8. The molecule has 2 aromatic rings. The van der Waals surface area contributed by atoms with Crippen molar-refractivity contribution in [1.82, 2.24) is 9.88 Å². The summed E-state index contributed by atoms with van der Waals surface area (Å²) >= 11 is 0. The van der Waals surface area contributed by atoms with E-state index < -0.39 is 5.41 Å². The normalized spacial score (nSPS) is 15.1. The number of carbonyl (C=O) groups is 1. The van der Waals surface area contributed by atoms with Crippen LogP contribution < -0.4 is 10.2 Å². The van der Waals surface area contributed by atoms with Gasteiger partial charge in [0.1, 0.15) is 5.82 Å². The van der Waals surface area contributed by atoms with Crippen molar-refractivity contribution in [3.8, 4) is 6.07 Å². The van der Waals surface area contributed by atoms with Gasteiger partial charge in [-0.05, 0) is 29.8 Å². The van der Waals surface area contributed by atoms with Gasteiger partial charge < -0.3 is 10.2 Å². The van der Waals surface area contributed by atoms with Gasteiger partial charge in [-0.3, -0.25) is 9.69 Å². The van der Waals surface area contributed by atoms with Crippen LogP contribution in [0, 0.1) is 16.7 Å². The lowest BCUT2D eigenvalue weighted by atomic mass is 9.96. The van der Waals surface area contributed by atoms with Gasteiger partial charge in [-0.25, -0.2) is 4.98 Å². The number of hydrogen-bond donors (Lipinski definition) is 1. The Bertz CT molecular complexity index is 838. The summed E-state index contributed by atoms with van der Waals surface area (Å²) in [5, 5.41) is 11.7. The highest BCUT2D eigenvalue weighted by Gasteiger charge is 2.22. The number of rotatable bonds is 4. The second-order valence-electron chi connectivity index (χ2n) is 8.18. The molecule has 1 saturated heterocycles. The Balaban J connectivity index is 1.51. The Hall–Kier alpha value is -2.91. The molecule has 1 aliphatic rings. The van der Waals surface area contributed by atoms with E-state index >= 15 is 0 Å². The van der Waals surface area contributed by atoms with Crippen LogP contribution in [0.2, 0.25) is 0 Å². The second kappa shape index (κ2) is 8.41. The molecule has 1 aromatic carbocycles. The third kappa shape index (κ3) is 5.08. The zero-order chi connectivity index (χ0) is 20.1. The summed E-state index contributed by atoms with van der Waals surface area (Å²) in [7, 11) is 0. The maximum Gasteiger partial charge on any atom is 0.230 e. The van der Waals surface area contributed by atoms with E-state index in [-0.39, 0.29) is 5.91 Å². The van der Waals surface area contributed by atoms with E-state index in [2.05, 4.69) is 26.2 Å². The number of benzene rings is 1. The number of pyridine rings is 1. The molecule has 0 spiro atoms. The number of amides is 1. The van der Waals surface area contributed by atoms with Crippen molar-refractivity contribution < 1.29 is 4.79 Å². The molecule has 0 radical (unpaired) electrons. The third-order valence-corrected chi connectivity index (χ3v) is 4.90. The Morgan fingerprint density at radius 1 is 1.11 bits per heavy atom. The minimum absolute atomic E-state index is 0.0378. The Morgan fingerprint density at radius 2 is 1.79 bits per heavy atom. The minimum atomic E-state index is -0.439. The fourth-order valence-electron chi connectivity index (χ4n) is 3.06. The highest BCUT2D eigenvalue weighted by Crippen LogP contribution is 2.20. The molecule has 1 aromatic heterocycles. The van der Waals surface area contributed by atoms with E-state index in [9.17, 15) is 4.79 Å². The Labute approximate surface area is 166 Å². The summed E-state index contributed by atoms with van der Waals surface area (Å²) in [6.45, 7) is 10.4. The maximum atomic E-state index is 12.1. The van der Waals surface area contributed by atoms with Gasteiger partial charge in [0.05, 0.1) is 23.5 Å². The smallest absolute Gasteiger partial charge is 0.230 e. The van der Waals surface area contributed by atoms with Crippen LogP contribution in [0.4, 0.5) is 11.5 Å². The van der Waals surface area contributed by atoms with Crippen molar-refractivity contribution in [2.75, 3.05) is 36.4 Å². The van der Waals surface area contributed by atoms with Crippen LogP contribution in [0.5, 0.6) is 0 Å². The van der Waals surface area contributed by atoms with Crippen LogP contribution in [-0.4, -0.2) is 42.0 Å². The molecule has 0 aliphatic carbocycles. The fourth-order valence-corrected chi connectivity index (χ4v) is 3.06. The summed E-state index contributed by atoms with van der Waals surface area (Å²) in [5.74, 6) is 0.548. The molecule has 6 nitrogen and oxygen atoms in total. The SMILES string of the molecule is CC(C)(C)C(=O)Nc1ccc(N2CCN(Cc3ccc(C#N)cc3)CC2)cn1. The van der Waals surface area contributed by atoms with E-state index in [1.165, 1.54) is 5.56 Å². The first-order chi connectivity index (χ1) is 13.3. The molecule has 0 unspecified atom stereocenters. The molecule has 3 rings (SSSR count). The van der Waals surface area contributed by atoms with Crippen LogP contribution >= 0.6 is 0 Å². The number of hydrogen-bond acceptors (Lipinski definition) is 5. The second-order valence-corrected chi connectivity index (χ2v) is 8.18. The number of anilines is 2. The molecule has 0 saturated carbocycles. The van der Waals surface area contributed by atoms with Gasteiger partial charge in [0, 0.05) is 38.1 Å². The van der Waals surface area contributed by atoms with Crippen LogP contribution in [0.1, 0.15) is 31.9 Å². The van der Waals surface area contributed by atoms with Gasteiger partial charge in [0.2, 0.25) is 5.91 Å². The molecular weight excluding hydrogens is 350 g/mol. The highest BCUT2D eigenvalue weighted by atomic mass is 16.2. The molecule has 2 heterocycles. The molecule has 1 amide bonds. The number of nitrogens with one attached hydrogen (secondary N) is 1. The molecule has 1 aliphatic heterocycles. The molecule has 0 bridgehead atoms. The Morgan fingerprint density at radius 3 is 2.32 bits per heavy atom. The first kappa shape index (κ1) is 19.8. The van der Waals surface area contributed by atoms with E-state index in [0.717, 1.165) is 38.4 Å². The molecule has 1 fully saturated rings. The van der Waals surface area contributed by atoms with Gasteiger partial charge in [-0.2, -0.15) is 5.26 Å². The average molecular weight is 377 g/mol. The largest absolute Gasteiger partial charge is 0.368 e. The van der Waals surface area contributed by atoms with Crippen molar-refractivity contribution in [3.63, 3.8) is 0 Å². The van der Waals surface area contributed by atoms with Gasteiger partial charge in [0.15, 0.2) is 0 Å². The van der Waals surface area contributed by atoms with E-state index in [0.29, 0.717) is 11.4 Å². The predicted molar refractivity (Wildman–Crippen MR) is 111 cm³/mol. The van der Waals surface area contributed by atoms with E-state index in [4.69, 9.17) is 5.26 Å². The van der Waals surface area contributed by atoms with E-state index in [1.807, 2.05) is 63.4 Å². The number of carbonyl (C=O) groups excluding carboxylic acids is 1. The molecule has 146 valence electrons. The van der Waals surface area contributed by atoms with Gasteiger partial charge in [-0.15, -0.1) is 0 Å². The van der Waals surface area contributed by atoms with Crippen LogP contribution in [-0.2, 0) is 11.3 Å². The molecule has 28 heavy (non-hydrogen) atoms. The topological polar surface area (TPSA) is 72.3 Å². The van der Waals surface area contributed by atoms with Gasteiger partial charge >= 0.3 is 0 Å². The van der Waals surface area contributed by atoms with Crippen LogP contribution in [0.15, 0.2) is 42.6 Å². The fraction of sp³-hybridized carbons (Fsp3) is 0.409. The van der Waals surface area contributed by atoms with E-state index in [1.54, 1.807) is 0 Å². The number of piperazine rings is 1.